The van der Waals surface area contributed by atoms with Crippen molar-refractivity contribution in [3.05, 3.63) is 0 Å². The normalized spacial score (nSPS) is 33.1. The van der Waals surface area contributed by atoms with E-state index in [1.807, 2.05) is 0 Å². The number of aliphatic hydroxyl groups excluding tert-OH is 1. The van der Waals surface area contributed by atoms with Gasteiger partial charge in [-0.25, -0.2) is 0 Å². The lowest BCUT2D eigenvalue weighted by atomic mass is 10.2. The largest absolute Gasteiger partial charge is 0.394 e. The Labute approximate surface area is 44.6 Å². The van der Waals surface area contributed by atoms with Gasteiger partial charge in [-0.3, -0.25) is 0 Å². The molecule has 7 heavy (non-hydrogen) atoms. The van der Waals surface area contributed by atoms with E-state index in [-0.39, 0.29) is 6.10 Å². The molecule has 1 aliphatic heterocycles. The summed E-state index contributed by atoms with van der Waals surface area (Å²) in [6, 6.07) is 0. The first-order valence-corrected chi connectivity index (χ1v) is 2.63. The molecule has 1 aliphatic rings. The van der Waals surface area contributed by atoms with Gasteiger partial charge in [0.15, 0.2) is 0 Å². The van der Waals surface area contributed by atoms with Crippen LogP contribution in [0.3, 0.4) is 0 Å². The number of rotatable bonds is 2. The molecule has 2 nitrogen and oxygen atoms in total. The van der Waals surface area contributed by atoms with E-state index in [0.29, 0.717) is 6.61 Å². The summed E-state index contributed by atoms with van der Waals surface area (Å²) in [7, 11) is 0. The highest BCUT2D eigenvalue weighted by atomic mass is 16.5. The van der Waals surface area contributed by atoms with Crippen molar-refractivity contribution >= 4 is 0 Å². The van der Waals surface area contributed by atoms with Gasteiger partial charge >= 0.3 is 0 Å². The molecule has 1 rings (SSSR count). The van der Waals surface area contributed by atoms with Gasteiger partial charge in [0.1, 0.15) is 0 Å². The van der Waals surface area contributed by atoms with E-state index in [4.69, 9.17) is 6.17 Å². The second-order valence-electron chi connectivity index (χ2n) is 1.80. The van der Waals surface area contributed by atoms with Crippen molar-refractivity contribution in [2.24, 2.45) is 0 Å². The van der Waals surface area contributed by atoms with Gasteiger partial charge in [0.2, 0.25) is 1.43 Å². The fraction of sp³-hybridized carbons (Fsp3) is 1.00. The zero-order valence-electron chi connectivity index (χ0n) is 5.22. The molecule has 0 radical (unpaired) electrons. The van der Waals surface area contributed by atoms with Crippen LogP contribution in [0.5, 0.6) is 0 Å². The molecule has 0 aromatic carbocycles. The van der Waals surface area contributed by atoms with Crippen molar-refractivity contribution in [2.45, 2.75) is 18.9 Å². The second-order valence-corrected chi connectivity index (χ2v) is 1.80. The molecule has 0 aliphatic carbocycles. The first-order chi connectivity index (χ1) is 3.93. The Morgan fingerprint density at radius 3 is 3.57 bits per heavy atom. The molecule has 0 aromatic heterocycles. The zero-order valence-corrected chi connectivity index (χ0v) is 4.22. The van der Waals surface area contributed by atoms with Crippen molar-refractivity contribution in [1.82, 2.24) is 0 Å². The van der Waals surface area contributed by atoms with Gasteiger partial charge in [0, 0.05) is 6.61 Å². The average molecular weight is 103 g/mol. The molecule has 1 N–H and O–H groups in total. The third kappa shape index (κ3) is 1.14. The van der Waals surface area contributed by atoms with E-state index in [2.05, 4.69) is 5.11 Å². The predicted molar refractivity (Wildman–Crippen MR) is 26.1 cm³/mol. The summed E-state index contributed by atoms with van der Waals surface area (Å²) < 4.78 is 11.5. The highest BCUT2D eigenvalue weighted by Crippen LogP contribution is 2.09. The van der Waals surface area contributed by atoms with Crippen LogP contribution >= 0.6 is 0 Å². The minimum atomic E-state index is 0.201. The molecule has 0 spiro atoms. The quantitative estimate of drug-likeness (QED) is 0.539. The van der Waals surface area contributed by atoms with Crippen LogP contribution in [0.15, 0.2) is 0 Å². The van der Waals surface area contributed by atoms with Crippen molar-refractivity contribution in [3.8, 4) is 0 Å². The van der Waals surface area contributed by atoms with Crippen molar-refractivity contribution in [1.29, 1.82) is 1.43 Å². The minimum Gasteiger partial charge on any atom is -0.394 e. The predicted octanol–water partition coefficient (Wildman–Crippen LogP) is 0.158. The Hall–Kier alpha value is -0.0800. The van der Waals surface area contributed by atoms with Gasteiger partial charge in [-0.2, -0.15) is 0 Å². The van der Waals surface area contributed by atoms with E-state index in [0.717, 1.165) is 19.4 Å². The van der Waals surface area contributed by atoms with Gasteiger partial charge < -0.3 is 9.85 Å². The van der Waals surface area contributed by atoms with Crippen molar-refractivity contribution < 1.29 is 9.85 Å². The van der Waals surface area contributed by atoms with Crippen molar-refractivity contribution in [3.63, 3.8) is 0 Å². The molecule has 1 fully saturated rings. The summed E-state index contributed by atoms with van der Waals surface area (Å²) in [6.45, 7) is 1.27. The van der Waals surface area contributed by atoms with Crippen LogP contribution in [0, 0.1) is 0 Å². The maximum absolute atomic E-state index is 6.39. The Kier molecular flexibility index (Phi) is 1.26. The van der Waals surface area contributed by atoms with Crippen LogP contribution in [0.4, 0.5) is 0 Å². The van der Waals surface area contributed by atoms with Crippen LogP contribution in [-0.4, -0.2) is 25.9 Å². The third-order valence-corrected chi connectivity index (χ3v) is 1.21. The molecule has 42 valence electrons. The standard InChI is InChI=1S/C5H10O2/c6-4-5-2-1-3-7-5/h5-6H,1-4H2/i6D. The van der Waals surface area contributed by atoms with Gasteiger partial charge in [-0.1, -0.05) is 0 Å². The van der Waals surface area contributed by atoms with Crippen LogP contribution in [-0.2, 0) is 4.74 Å². The zero-order chi connectivity index (χ0) is 5.82. The average Bonchev–Trinajstić information content (AvgIpc) is 2.19. The molecule has 1 heterocycles. The fourth-order valence-electron chi connectivity index (χ4n) is 0.776. The van der Waals surface area contributed by atoms with Gasteiger partial charge in [0.25, 0.3) is 0 Å². The topological polar surface area (TPSA) is 29.5 Å². The molecular formula is C5H10O2. The molecule has 2 heteroatoms. The summed E-state index contributed by atoms with van der Waals surface area (Å²) >= 11 is 0. The molecule has 1 atom stereocenters. The molecule has 0 amide bonds. The molecule has 0 bridgehead atoms. The lowest BCUT2D eigenvalue weighted by Gasteiger charge is -2.00. The van der Waals surface area contributed by atoms with E-state index >= 15 is 0 Å². The van der Waals surface area contributed by atoms with E-state index in [1.165, 1.54) is 0 Å². The Morgan fingerprint density at radius 2 is 3.00 bits per heavy atom. The monoisotopic (exact) mass is 103 g/mol. The highest BCUT2D eigenvalue weighted by molar-refractivity contribution is 4.61. The SMILES string of the molecule is [2H]OCC1CCCO1. The van der Waals surface area contributed by atoms with E-state index in [1.54, 1.807) is 0 Å². The van der Waals surface area contributed by atoms with Crippen LogP contribution in [0.25, 0.3) is 0 Å². The number of hydrogen-bond donors (Lipinski definition) is 1. The molecule has 1 unspecified atom stereocenters. The first-order valence-electron chi connectivity index (χ1n) is 3.04. The maximum atomic E-state index is 6.39. The van der Waals surface area contributed by atoms with E-state index in [9.17, 15) is 0 Å². The maximum Gasteiger partial charge on any atom is 0.210 e. The van der Waals surface area contributed by atoms with Crippen LogP contribution in [0.1, 0.15) is 12.8 Å². The Morgan fingerprint density at radius 1 is 2.00 bits per heavy atom. The Bertz CT molecular complexity index is 61.4. The Balaban J connectivity index is 2.06. The van der Waals surface area contributed by atoms with Crippen LogP contribution < -0.4 is 0 Å². The van der Waals surface area contributed by atoms with E-state index < -0.39 is 0 Å². The summed E-state index contributed by atoms with van der Waals surface area (Å²) in [4.78, 5) is 0. The lowest BCUT2D eigenvalue weighted by molar-refractivity contribution is 0.0591. The first kappa shape index (κ1) is 3.87. The molecule has 0 aromatic rings. The lowest BCUT2D eigenvalue weighted by Crippen LogP contribution is -2.09. The molecule has 1 saturated heterocycles. The summed E-state index contributed by atoms with van der Waals surface area (Å²) in [5.41, 5.74) is 0. The number of ether oxygens (including phenoxy) is 1. The summed E-state index contributed by atoms with van der Waals surface area (Å²) in [6.07, 6.45) is 2.37. The van der Waals surface area contributed by atoms with Gasteiger partial charge in [-0.05, 0) is 12.8 Å². The molecular weight excluding hydrogens is 92.1 g/mol. The van der Waals surface area contributed by atoms with Gasteiger partial charge in [-0.15, -0.1) is 0 Å². The third-order valence-electron chi connectivity index (χ3n) is 1.21. The smallest absolute Gasteiger partial charge is 0.210 e. The highest BCUT2D eigenvalue weighted by Gasteiger charge is 2.12. The second kappa shape index (κ2) is 2.28. The summed E-state index contributed by atoms with van der Waals surface area (Å²) in [5, 5.41) is 4.15. The number of hydrogen-bond acceptors (Lipinski definition) is 2. The van der Waals surface area contributed by atoms with Gasteiger partial charge in [0.05, 0.1) is 12.7 Å². The number of aliphatic hydroxyl groups is 1. The fourth-order valence-corrected chi connectivity index (χ4v) is 0.776. The minimum absolute atomic E-state index is 0.201. The summed E-state index contributed by atoms with van der Waals surface area (Å²) in [5.74, 6) is 0. The van der Waals surface area contributed by atoms with Crippen LogP contribution in [0.2, 0.25) is 0 Å². The van der Waals surface area contributed by atoms with Crippen molar-refractivity contribution in [2.75, 3.05) is 13.2 Å². The molecule has 0 saturated carbocycles.